The van der Waals surface area contributed by atoms with E-state index in [2.05, 4.69) is 5.32 Å². The van der Waals surface area contributed by atoms with Crippen molar-refractivity contribution < 1.29 is 19.0 Å². The highest BCUT2D eigenvalue weighted by Gasteiger charge is 2.13. The first kappa shape index (κ1) is 18.6. The van der Waals surface area contributed by atoms with Gasteiger partial charge in [0.2, 0.25) is 0 Å². The van der Waals surface area contributed by atoms with Crippen LogP contribution in [0.1, 0.15) is 30.5 Å². The zero-order chi connectivity index (χ0) is 18.2. The van der Waals surface area contributed by atoms with Gasteiger partial charge in [-0.25, -0.2) is 0 Å². The van der Waals surface area contributed by atoms with Gasteiger partial charge in [-0.3, -0.25) is 4.79 Å². The highest BCUT2D eigenvalue weighted by atomic mass is 16.5. The average molecular weight is 343 g/mol. The molecule has 0 unspecified atom stereocenters. The van der Waals surface area contributed by atoms with Crippen LogP contribution in [0.3, 0.4) is 0 Å². The molecule has 0 spiro atoms. The van der Waals surface area contributed by atoms with Crippen LogP contribution >= 0.6 is 0 Å². The molecule has 1 N–H and O–H groups in total. The van der Waals surface area contributed by atoms with Crippen LogP contribution in [0.5, 0.6) is 17.2 Å². The maximum atomic E-state index is 12.2. The summed E-state index contributed by atoms with van der Waals surface area (Å²) < 4.78 is 16.0. The summed E-state index contributed by atoms with van der Waals surface area (Å²) in [4.78, 5) is 12.2. The Bertz CT molecular complexity index is 675. The standard InChI is InChI=1S/C20H25NO4/c1-5-19(15-8-6-14(2)7-9-15)21-20(22)13-25-18-11-16(23-3)10-17(12-18)24-4/h6-12,19H,5,13H2,1-4H3,(H,21,22)/t19-/m1/s1. The van der Waals surface area contributed by atoms with Crippen molar-refractivity contribution in [3.8, 4) is 17.2 Å². The van der Waals surface area contributed by atoms with Crippen LogP contribution in [0, 0.1) is 6.92 Å². The highest BCUT2D eigenvalue weighted by Crippen LogP contribution is 2.27. The van der Waals surface area contributed by atoms with E-state index < -0.39 is 0 Å². The fourth-order valence-electron chi connectivity index (χ4n) is 2.47. The predicted molar refractivity (Wildman–Crippen MR) is 97.4 cm³/mol. The van der Waals surface area contributed by atoms with Gasteiger partial charge in [-0.2, -0.15) is 0 Å². The van der Waals surface area contributed by atoms with Crippen molar-refractivity contribution in [1.29, 1.82) is 0 Å². The van der Waals surface area contributed by atoms with Crippen LogP contribution in [0.15, 0.2) is 42.5 Å². The van der Waals surface area contributed by atoms with E-state index >= 15 is 0 Å². The summed E-state index contributed by atoms with van der Waals surface area (Å²) in [5.74, 6) is 1.57. The summed E-state index contributed by atoms with van der Waals surface area (Å²) >= 11 is 0. The van der Waals surface area contributed by atoms with Crippen molar-refractivity contribution in [2.45, 2.75) is 26.3 Å². The summed E-state index contributed by atoms with van der Waals surface area (Å²) in [5, 5.41) is 3.00. The Balaban J connectivity index is 1.96. The Hall–Kier alpha value is -2.69. The average Bonchev–Trinajstić information content (AvgIpc) is 2.64. The third kappa shape index (κ3) is 5.41. The van der Waals surface area contributed by atoms with Crippen molar-refractivity contribution in [3.05, 3.63) is 53.6 Å². The van der Waals surface area contributed by atoms with Crippen LogP contribution in [0.4, 0.5) is 0 Å². The van der Waals surface area contributed by atoms with Crippen molar-refractivity contribution in [3.63, 3.8) is 0 Å². The van der Waals surface area contributed by atoms with E-state index in [1.54, 1.807) is 32.4 Å². The lowest BCUT2D eigenvalue weighted by atomic mass is 10.0. The van der Waals surface area contributed by atoms with E-state index in [1.165, 1.54) is 5.56 Å². The summed E-state index contributed by atoms with van der Waals surface area (Å²) in [5.41, 5.74) is 2.28. The fraction of sp³-hybridized carbons (Fsp3) is 0.350. The van der Waals surface area contributed by atoms with Gasteiger partial charge in [-0.1, -0.05) is 36.8 Å². The molecule has 1 atom stereocenters. The third-order valence-electron chi connectivity index (χ3n) is 3.92. The van der Waals surface area contributed by atoms with Gasteiger partial charge >= 0.3 is 0 Å². The SMILES string of the molecule is CC[C@@H](NC(=O)COc1cc(OC)cc(OC)c1)c1ccc(C)cc1. The van der Waals surface area contributed by atoms with Gasteiger partial charge in [0, 0.05) is 18.2 Å². The number of ether oxygens (including phenoxy) is 3. The molecule has 1 amide bonds. The fourth-order valence-corrected chi connectivity index (χ4v) is 2.47. The molecule has 0 bridgehead atoms. The van der Waals surface area contributed by atoms with E-state index in [-0.39, 0.29) is 18.6 Å². The van der Waals surface area contributed by atoms with E-state index in [4.69, 9.17) is 14.2 Å². The molecular formula is C20H25NO4. The molecule has 0 saturated heterocycles. The summed E-state index contributed by atoms with van der Waals surface area (Å²) in [6.45, 7) is 4.01. The maximum Gasteiger partial charge on any atom is 0.258 e. The van der Waals surface area contributed by atoms with E-state index in [0.29, 0.717) is 17.2 Å². The molecule has 0 fully saturated rings. The van der Waals surface area contributed by atoms with Crippen molar-refractivity contribution in [1.82, 2.24) is 5.32 Å². The molecule has 2 rings (SSSR count). The molecule has 5 heteroatoms. The molecule has 134 valence electrons. The Morgan fingerprint density at radius 1 is 1.00 bits per heavy atom. The minimum atomic E-state index is -0.172. The molecule has 0 aliphatic rings. The van der Waals surface area contributed by atoms with Gasteiger partial charge < -0.3 is 19.5 Å². The van der Waals surface area contributed by atoms with Gasteiger partial charge in [-0.05, 0) is 18.9 Å². The minimum absolute atomic E-state index is 0.0310. The molecular weight excluding hydrogens is 318 g/mol. The summed E-state index contributed by atoms with van der Waals surface area (Å²) in [7, 11) is 3.14. The number of hydrogen-bond donors (Lipinski definition) is 1. The number of amides is 1. The molecule has 0 radical (unpaired) electrons. The Morgan fingerprint density at radius 2 is 1.56 bits per heavy atom. The van der Waals surface area contributed by atoms with Gasteiger partial charge in [0.05, 0.1) is 20.3 Å². The zero-order valence-corrected chi connectivity index (χ0v) is 15.2. The first-order chi connectivity index (χ1) is 12.0. The second-order valence-electron chi connectivity index (χ2n) is 5.78. The first-order valence-corrected chi connectivity index (χ1v) is 8.27. The number of carbonyl (C=O) groups is 1. The molecule has 0 saturated carbocycles. The molecule has 0 aliphatic heterocycles. The molecule has 0 aliphatic carbocycles. The van der Waals surface area contributed by atoms with Crippen molar-refractivity contribution >= 4 is 5.91 Å². The Morgan fingerprint density at radius 3 is 2.08 bits per heavy atom. The zero-order valence-electron chi connectivity index (χ0n) is 15.2. The summed E-state index contributed by atoms with van der Waals surface area (Å²) in [6.07, 6.45) is 0.807. The Labute approximate surface area is 148 Å². The van der Waals surface area contributed by atoms with Gasteiger partial charge in [-0.15, -0.1) is 0 Å². The van der Waals surface area contributed by atoms with Crippen molar-refractivity contribution in [2.75, 3.05) is 20.8 Å². The largest absolute Gasteiger partial charge is 0.496 e. The second-order valence-corrected chi connectivity index (χ2v) is 5.78. The third-order valence-corrected chi connectivity index (χ3v) is 3.92. The topological polar surface area (TPSA) is 56.8 Å². The normalized spacial score (nSPS) is 11.5. The molecule has 5 nitrogen and oxygen atoms in total. The van der Waals surface area contributed by atoms with E-state index in [9.17, 15) is 4.79 Å². The van der Waals surface area contributed by atoms with Crippen LogP contribution in [0.2, 0.25) is 0 Å². The first-order valence-electron chi connectivity index (χ1n) is 8.27. The highest BCUT2D eigenvalue weighted by molar-refractivity contribution is 5.78. The Kier molecular flexibility index (Phi) is 6.69. The molecule has 0 heterocycles. The number of hydrogen-bond acceptors (Lipinski definition) is 4. The van der Waals surface area contributed by atoms with Crippen LogP contribution in [-0.4, -0.2) is 26.7 Å². The quantitative estimate of drug-likeness (QED) is 0.795. The van der Waals surface area contributed by atoms with Crippen LogP contribution in [0.25, 0.3) is 0 Å². The van der Waals surface area contributed by atoms with E-state index in [0.717, 1.165) is 12.0 Å². The number of benzene rings is 2. The van der Waals surface area contributed by atoms with Crippen LogP contribution in [-0.2, 0) is 4.79 Å². The number of methoxy groups -OCH3 is 2. The van der Waals surface area contributed by atoms with Gasteiger partial charge in [0.25, 0.3) is 5.91 Å². The molecule has 25 heavy (non-hydrogen) atoms. The molecule has 2 aromatic rings. The number of aryl methyl sites for hydroxylation is 1. The molecule has 2 aromatic carbocycles. The predicted octanol–water partition coefficient (Wildman–Crippen LogP) is 3.66. The minimum Gasteiger partial charge on any atom is -0.496 e. The van der Waals surface area contributed by atoms with Gasteiger partial charge in [0.1, 0.15) is 17.2 Å². The smallest absolute Gasteiger partial charge is 0.258 e. The lowest BCUT2D eigenvalue weighted by Crippen LogP contribution is -2.32. The lowest BCUT2D eigenvalue weighted by Gasteiger charge is -2.18. The lowest BCUT2D eigenvalue weighted by molar-refractivity contribution is -0.123. The van der Waals surface area contributed by atoms with Crippen LogP contribution < -0.4 is 19.5 Å². The van der Waals surface area contributed by atoms with Gasteiger partial charge in [0.15, 0.2) is 6.61 Å². The second kappa shape index (κ2) is 8.97. The maximum absolute atomic E-state index is 12.2. The number of nitrogens with one attached hydrogen (secondary N) is 1. The monoisotopic (exact) mass is 343 g/mol. The number of carbonyl (C=O) groups excluding carboxylic acids is 1. The van der Waals surface area contributed by atoms with Crippen molar-refractivity contribution in [2.24, 2.45) is 0 Å². The molecule has 0 aromatic heterocycles. The number of rotatable bonds is 8. The van der Waals surface area contributed by atoms with E-state index in [1.807, 2.05) is 38.1 Å². The summed E-state index contributed by atoms with van der Waals surface area (Å²) in [6, 6.07) is 13.3.